The maximum Gasteiger partial charge on any atom is 0.203 e. The molecular formula is C6H10N4S2. The first-order chi connectivity index (χ1) is 5.83. The molecule has 0 atom stereocenters. The summed E-state index contributed by atoms with van der Waals surface area (Å²) < 4.78 is 0.897. The van der Waals surface area contributed by atoms with E-state index in [2.05, 4.69) is 10.2 Å². The van der Waals surface area contributed by atoms with Gasteiger partial charge in [-0.25, -0.2) is 0 Å². The first-order valence-corrected chi connectivity index (χ1v) is 5.20. The van der Waals surface area contributed by atoms with Gasteiger partial charge in [0.15, 0.2) is 4.34 Å². The Labute approximate surface area is 79.1 Å². The molecule has 4 nitrogen and oxygen atoms in total. The summed E-state index contributed by atoms with van der Waals surface area (Å²) in [5, 5.41) is 8.06. The van der Waals surface area contributed by atoms with E-state index in [1.165, 1.54) is 11.3 Å². The fraction of sp³-hybridized carbons (Fsp3) is 0.333. The van der Waals surface area contributed by atoms with Gasteiger partial charge in [0.1, 0.15) is 0 Å². The van der Waals surface area contributed by atoms with Crippen molar-refractivity contribution in [1.29, 1.82) is 0 Å². The van der Waals surface area contributed by atoms with Gasteiger partial charge >= 0.3 is 0 Å². The van der Waals surface area contributed by atoms with E-state index in [9.17, 15) is 0 Å². The zero-order valence-corrected chi connectivity index (χ0v) is 8.07. The quantitative estimate of drug-likeness (QED) is 0.556. The molecule has 0 aromatic carbocycles. The SMILES string of the molecule is NCC=CCSc1nnc(N)s1. The van der Waals surface area contributed by atoms with Crippen molar-refractivity contribution in [1.82, 2.24) is 10.2 Å². The third-order valence-electron chi connectivity index (χ3n) is 1.03. The van der Waals surface area contributed by atoms with E-state index in [1.807, 2.05) is 12.2 Å². The number of hydrogen-bond donors (Lipinski definition) is 2. The van der Waals surface area contributed by atoms with E-state index in [1.54, 1.807) is 11.8 Å². The van der Waals surface area contributed by atoms with Crippen molar-refractivity contribution in [3.63, 3.8) is 0 Å². The van der Waals surface area contributed by atoms with Crippen LogP contribution in [0.25, 0.3) is 0 Å². The topological polar surface area (TPSA) is 77.8 Å². The van der Waals surface area contributed by atoms with Crippen molar-refractivity contribution < 1.29 is 0 Å². The Morgan fingerprint density at radius 2 is 2.25 bits per heavy atom. The second-order valence-electron chi connectivity index (χ2n) is 1.92. The van der Waals surface area contributed by atoms with E-state index in [-0.39, 0.29) is 0 Å². The molecule has 0 saturated carbocycles. The van der Waals surface area contributed by atoms with Crippen LogP contribution in [0, 0.1) is 0 Å². The Morgan fingerprint density at radius 1 is 1.42 bits per heavy atom. The summed E-state index contributed by atoms with van der Waals surface area (Å²) in [5.74, 6) is 0.867. The van der Waals surface area contributed by atoms with Crippen LogP contribution in [0.5, 0.6) is 0 Å². The van der Waals surface area contributed by atoms with Gasteiger partial charge in [-0.05, 0) is 0 Å². The molecule has 1 aromatic heterocycles. The Kier molecular flexibility index (Phi) is 4.06. The number of nitrogens with two attached hydrogens (primary N) is 2. The van der Waals surface area contributed by atoms with Gasteiger partial charge in [-0.3, -0.25) is 0 Å². The molecule has 0 bridgehead atoms. The van der Waals surface area contributed by atoms with E-state index in [4.69, 9.17) is 11.5 Å². The molecule has 1 aromatic rings. The maximum atomic E-state index is 5.40. The molecule has 12 heavy (non-hydrogen) atoms. The Bertz CT molecular complexity index is 258. The Morgan fingerprint density at radius 3 is 2.83 bits per heavy atom. The molecule has 0 saturated heterocycles. The normalized spacial score (nSPS) is 11.1. The van der Waals surface area contributed by atoms with Gasteiger partial charge < -0.3 is 11.5 Å². The lowest BCUT2D eigenvalue weighted by atomic mass is 10.5. The summed E-state index contributed by atoms with van der Waals surface area (Å²) >= 11 is 3.00. The van der Waals surface area contributed by atoms with Crippen LogP contribution in [0.1, 0.15) is 0 Å². The van der Waals surface area contributed by atoms with Gasteiger partial charge in [-0.1, -0.05) is 35.3 Å². The van der Waals surface area contributed by atoms with E-state index >= 15 is 0 Å². The highest BCUT2D eigenvalue weighted by Crippen LogP contribution is 2.23. The number of thioether (sulfide) groups is 1. The van der Waals surface area contributed by atoms with E-state index in [0.29, 0.717) is 11.7 Å². The predicted molar refractivity (Wildman–Crippen MR) is 53.2 cm³/mol. The van der Waals surface area contributed by atoms with E-state index in [0.717, 1.165) is 10.1 Å². The minimum Gasteiger partial charge on any atom is -0.374 e. The molecule has 4 N–H and O–H groups in total. The number of rotatable bonds is 4. The van der Waals surface area contributed by atoms with Crippen LogP contribution in [-0.4, -0.2) is 22.5 Å². The summed E-state index contributed by atoms with van der Waals surface area (Å²) in [7, 11) is 0. The fourth-order valence-electron chi connectivity index (χ4n) is 0.562. The molecule has 1 heterocycles. The first kappa shape index (κ1) is 9.50. The highest BCUT2D eigenvalue weighted by molar-refractivity contribution is 8.01. The number of nitrogen functional groups attached to an aromatic ring is 1. The van der Waals surface area contributed by atoms with Crippen LogP contribution in [0.4, 0.5) is 5.13 Å². The second-order valence-corrected chi connectivity index (χ2v) is 4.20. The molecule has 0 amide bonds. The lowest BCUT2D eigenvalue weighted by molar-refractivity contribution is 1.02. The van der Waals surface area contributed by atoms with Crippen molar-refractivity contribution in [2.24, 2.45) is 5.73 Å². The minimum absolute atomic E-state index is 0.514. The highest BCUT2D eigenvalue weighted by atomic mass is 32.2. The zero-order valence-electron chi connectivity index (χ0n) is 6.43. The molecule has 1 rings (SSSR count). The standard InChI is InChI=1S/C6H10N4S2/c7-3-1-2-4-11-6-10-9-5(8)12-6/h1-2H,3-4,7H2,(H2,8,9). The van der Waals surface area contributed by atoms with Gasteiger partial charge in [0, 0.05) is 12.3 Å². The average Bonchev–Trinajstić information content (AvgIpc) is 2.45. The van der Waals surface area contributed by atoms with Gasteiger partial charge in [0.05, 0.1) is 0 Å². The van der Waals surface area contributed by atoms with Gasteiger partial charge in [0.25, 0.3) is 0 Å². The number of aromatic nitrogens is 2. The van der Waals surface area contributed by atoms with E-state index < -0.39 is 0 Å². The monoisotopic (exact) mass is 202 g/mol. The first-order valence-electron chi connectivity index (χ1n) is 3.40. The molecule has 0 aliphatic carbocycles. The van der Waals surface area contributed by atoms with Crippen LogP contribution in [0.3, 0.4) is 0 Å². The lowest BCUT2D eigenvalue weighted by Crippen LogP contribution is -1.92. The molecule has 0 aliphatic rings. The van der Waals surface area contributed by atoms with Crippen molar-refractivity contribution in [2.75, 3.05) is 18.0 Å². The van der Waals surface area contributed by atoms with Crippen LogP contribution < -0.4 is 11.5 Å². The molecule has 0 spiro atoms. The molecule has 0 aliphatic heterocycles. The number of hydrogen-bond acceptors (Lipinski definition) is 6. The van der Waals surface area contributed by atoms with Gasteiger partial charge in [-0.15, -0.1) is 10.2 Å². The van der Waals surface area contributed by atoms with Crippen molar-refractivity contribution in [2.45, 2.75) is 4.34 Å². The maximum absolute atomic E-state index is 5.40. The molecular weight excluding hydrogens is 192 g/mol. The predicted octanol–water partition coefficient (Wildman–Crippen LogP) is 0.727. The molecule has 66 valence electrons. The Balaban J connectivity index is 2.28. The second kappa shape index (κ2) is 5.13. The number of anilines is 1. The number of nitrogens with zero attached hydrogens (tertiary/aromatic N) is 2. The largest absolute Gasteiger partial charge is 0.374 e. The van der Waals surface area contributed by atoms with Crippen molar-refractivity contribution in [3.8, 4) is 0 Å². The summed E-state index contributed by atoms with van der Waals surface area (Å²) in [6, 6.07) is 0. The van der Waals surface area contributed by atoms with Crippen LogP contribution in [0.15, 0.2) is 16.5 Å². The lowest BCUT2D eigenvalue weighted by Gasteiger charge is -1.87. The smallest absolute Gasteiger partial charge is 0.203 e. The molecule has 0 fully saturated rings. The molecule has 6 heteroatoms. The fourth-order valence-corrected chi connectivity index (χ4v) is 2.07. The summed E-state index contributed by atoms with van der Waals surface area (Å²) in [5.41, 5.74) is 10.7. The summed E-state index contributed by atoms with van der Waals surface area (Å²) in [4.78, 5) is 0. The van der Waals surface area contributed by atoms with Crippen molar-refractivity contribution in [3.05, 3.63) is 12.2 Å². The average molecular weight is 202 g/mol. The Hall–Kier alpha value is -0.590. The molecule has 0 radical (unpaired) electrons. The van der Waals surface area contributed by atoms with Gasteiger partial charge in [0.2, 0.25) is 5.13 Å². The zero-order chi connectivity index (χ0) is 8.81. The van der Waals surface area contributed by atoms with Crippen LogP contribution in [-0.2, 0) is 0 Å². The van der Waals surface area contributed by atoms with Crippen LogP contribution in [0.2, 0.25) is 0 Å². The summed E-state index contributed by atoms with van der Waals surface area (Å²) in [6.45, 7) is 0.582. The van der Waals surface area contributed by atoms with Crippen LogP contribution >= 0.6 is 23.1 Å². The third-order valence-corrected chi connectivity index (χ3v) is 2.87. The minimum atomic E-state index is 0.514. The summed E-state index contributed by atoms with van der Waals surface area (Å²) in [6.07, 6.45) is 3.92. The molecule has 0 unspecified atom stereocenters. The van der Waals surface area contributed by atoms with Crippen molar-refractivity contribution >= 4 is 28.2 Å². The third kappa shape index (κ3) is 3.21. The van der Waals surface area contributed by atoms with Gasteiger partial charge in [-0.2, -0.15) is 0 Å². The highest BCUT2D eigenvalue weighted by Gasteiger charge is 1.98.